The fourth-order valence-corrected chi connectivity index (χ4v) is 1.49. The second-order valence-corrected chi connectivity index (χ2v) is 8.01. The van der Waals surface area contributed by atoms with Gasteiger partial charge in [-0.25, -0.2) is 0 Å². The minimum Gasteiger partial charge on any atom is -0.520 e. The van der Waals surface area contributed by atoms with Crippen LogP contribution < -0.4 is 0 Å². The topological polar surface area (TPSA) is 18.5 Å². The van der Waals surface area contributed by atoms with Gasteiger partial charge in [-0.15, -0.1) is 0 Å². The number of rotatable bonds is 5. The monoisotopic (exact) mass is 188 g/mol. The molecule has 0 atom stereocenters. The summed E-state index contributed by atoms with van der Waals surface area (Å²) in [5, 5.41) is 0. The standard InChI is InChI=1S/C9H20O2Si/c1-6-8-9(10-7-2)11-12(3,4)5/h8H,6-7H2,1-5H3. The van der Waals surface area contributed by atoms with Crippen LogP contribution in [0.25, 0.3) is 0 Å². The molecule has 0 rings (SSSR count). The first kappa shape index (κ1) is 11.6. The van der Waals surface area contributed by atoms with Crippen LogP contribution in [0.15, 0.2) is 12.0 Å². The van der Waals surface area contributed by atoms with Gasteiger partial charge in [0.05, 0.1) is 6.61 Å². The number of allylic oxidation sites excluding steroid dienone is 1. The number of ether oxygens (including phenoxy) is 1. The molecule has 0 N–H and O–H groups in total. The highest BCUT2D eigenvalue weighted by Crippen LogP contribution is 2.11. The molecule has 0 aliphatic rings. The second-order valence-electron chi connectivity index (χ2n) is 3.58. The van der Waals surface area contributed by atoms with Crippen molar-refractivity contribution in [1.29, 1.82) is 0 Å². The summed E-state index contributed by atoms with van der Waals surface area (Å²) in [6, 6.07) is 0. The third-order valence-corrected chi connectivity index (χ3v) is 1.88. The summed E-state index contributed by atoms with van der Waals surface area (Å²) in [5.41, 5.74) is 0. The summed E-state index contributed by atoms with van der Waals surface area (Å²) in [6.07, 6.45) is 2.95. The molecule has 0 aliphatic heterocycles. The van der Waals surface area contributed by atoms with Crippen LogP contribution in [0.1, 0.15) is 20.3 Å². The maximum Gasteiger partial charge on any atom is 0.261 e. The Bertz CT molecular complexity index is 147. The quantitative estimate of drug-likeness (QED) is 0.487. The minimum absolute atomic E-state index is 0.677. The molecule has 72 valence electrons. The Morgan fingerprint density at radius 3 is 2.17 bits per heavy atom. The van der Waals surface area contributed by atoms with Gasteiger partial charge in [0.1, 0.15) is 0 Å². The second kappa shape index (κ2) is 5.25. The summed E-state index contributed by atoms with van der Waals surface area (Å²) in [7, 11) is -1.49. The van der Waals surface area contributed by atoms with Gasteiger partial charge in [0.25, 0.3) is 5.95 Å². The molecule has 0 heterocycles. The molecule has 0 bridgehead atoms. The van der Waals surface area contributed by atoms with E-state index in [4.69, 9.17) is 9.16 Å². The van der Waals surface area contributed by atoms with Crippen LogP contribution >= 0.6 is 0 Å². The van der Waals surface area contributed by atoms with Crippen molar-refractivity contribution in [3.8, 4) is 0 Å². The molecule has 0 saturated carbocycles. The molecule has 0 aromatic heterocycles. The lowest BCUT2D eigenvalue weighted by Crippen LogP contribution is -2.25. The lowest BCUT2D eigenvalue weighted by atomic mass is 10.5. The average Bonchev–Trinajstić information content (AvgIpc) is 1.84. The normalized spacial score (nSPS) is 12.9. The lowest BCUT2D eigenvalue weighted by Gasteiger charge is -2.21. The van der Waals surface area contributed by atoms with Crippen molar-refractivity contribution in [3.05, 3.63) is 12.0 Å². The van der Waals surface area contributed by atoms with Crippen molar-refractivity contribution >= 4 is 8.32 Å². The van der Waals surface area contributed by atoms with Crippen LogP contribution in [-0.2, 0) is 9.16 Å². The van der Waals surface area contributed by atoms with Crippen molar-refractivity contribution in [2.24, 2.45) is 0 Å². The largest absolute Gasteiger partial charge is 0.520 e. The Kier molecular flexibility index (Phi) is 5.05. The maximum absolute atomic E-state index is 5.70. The molecule has 3 heteroatoms. The summed E-state index contributed by atoms with van der Waals surface area (Å²) < 4.78 is 11.0. The molecule has 2 nitrogen and oxygen atoms in total. The van der Waals surface area contributed by atoms with E-state index in [1.54, 1.807) is 0 Å². The van der Waals surface area contributed by atoms with E-state index in [-0.39, 0.29) is 0 Å². The van der Waals surface area contributed by atoms with Gasteiger partial charge in [0, 0.05) is 0 Å². The zero-order chi connectivity index (χ0) is 9.61. The lowest BCUT2D eigenvalue weighted by molar-refractivity contribution is 0.111. The molecular formula is C9H20O2Si. The number of hydrogen-bond donors (Lipinski definition) is 0. The van der Waals surface area contributed by atoms with Crippen LogP contribution in [-0.4, -0.2) is 14.9 Å². The van der Waals surface area contributed by atoms with Crippen molar-refractivity contribution in [1.82, 2.24) is 0 Å². The molecule has 0 aromatic rings. The van der Waals surface area contributed by atoms with E-state index in [1.807, 2.05) is 13.0 Å². The molecule has 0 radical (unpaired) electrons. The average molecular weight is 188 g/mol. The van der Waals surface area contributed by atoms with Crippen LogP contribution in [0.2, 0.25) is 19.6 Å². The van der Waals surface area contributed by atoms with Crippen molar-refractivity contribution in [2.45, 2.75) is 39.9 Å². The van der Waals surface area contributed by atoms with E-state index in [9.17, 15) is 0 Å². The molecule has 0 saturated heterocycles. The van der Waals surface area contributed by atoms with E-state index in [0.29, 0.717) is 12.6 Å². The van der Waals surface area contributed by atoms with Gasteiger partial charge in [-0.3, -0.25) is 0 Å². The molecule has 0 fully saturated rings. The van der Waals surface area contributed by atoms with Crippen LogP contribution in [0.3, 0.4) is 0 Å². The first-order valence-corrected chi connectivity index (χ1v) is 7.92. The number of hydrogen-bond acceptors (Lipinski definition) is 2. The summed E-state index contributed by atoms with van der Waals surface area (Å²) in [5.74, 6) is 0.708. The SMILES string of the molecule is CCC=C(OCC)O[Si](C)(C)C. The van der Waals surface area contributed by atoms with Crippen LogP contribution in [0.5, 0.6) is 0 Å². The third kappa shape index (κ3) is 6.28. The van der Waals surface area contributed by atoms with Crippen LogP contribution in [0.4, 0.5) is 0 Å². The van der Waals surface area contributed by atoms with E-state index in [1.165, 1.54) is 0 Å². The third-order valence-electron chi connectivity index (χ3n) is 1.06. The Labute approximate surface area is 76.7 Å². The summed E-state index contributed by atoms with van der Waals surface area (Å²) in [6.45, 7) is 11.2. The van der Waals surface area contributed by atoms with E-state index in [2.05, 4.69) is 26.6 Å². The highest BCUT2D eigenvalue weighted by Gasteiger charge is 2.17. The molecule has 0 aliphatic carbocycles. The Morgan fingerprint density at radius 1 is 1.25 bits per heavy atom. The van der Waals surface area contributed by atoms with Crippen molar-refractivity contribution in [2.75, 3.05) is 6.61 Å². The molecular weight excluding hydrogens is 168 g/mol. The van der Waals surface area contributed by atoms with Gasteiger partial charge in [-0.1, -0.05) is 6.92 Å². The zero-order valence-electron chi connectivity index (χ0n) is 8.81. The van der Waals surface area contributed by atoms with Crippen LogP contribution in [0, 0.1) is 0 Å². The smallest absolute Gasteiger partial charge is 0.261 e. The van der Waals surface area contributed by atoms with E-state index in [0.717, 1.165) is 6.42 Å². The molecule has 12 heavy (non-hydrogen) atoms. The first-order chi connectivity index (χ1) is 5.49. The fraction of sp³-hybridized carbons (Fsp3) is 0.778. The highest BCUT2D eigenvalue weighted by atomic mass is 28.4. The predicted molar refractivity (Wildman–Crippen MR) is 54.4 cm³/mol. The zero-order valence-corrected chi connectivity index (χ0v) is 9.81. The van der Waals surface area contributed by atoms with Gasteiger partial charge >= 0.3 is 0 Å². The Balaban J connectivity index is 4.05. The predicted octanol–water partition coefficient (Wildman–Crippen LogP) is 3.13. The van der Waals surface area contributed by atoms with Gasteiger partial charge in [0.2, 0.25) is 8.32 Å². The molecule has 0 aromatic carbocycles. The van der Waals surface area contributed by atoms with E-state index < -0.39 is 8.32 Å². The van der Waals surface area contributed by atoms with E-state index >= 15 is 0 Å². The minimum atomic E-state index is -1.49. The Hall–Kier alpha value is -0.443. The maximum atomic E-state index is 5.70. The van der Waals surface area contributed by atoms with Gasteiger partial charge in [0.15, 0.2) is 0 Å². The van der Waals surface area contributed by atoms with Gasteiger partial charge in [-0.05, 0) is 39.1 Å². The van der Waals surface area contributed by atoms with Gasteiger partial charge < -0.3 is 9.16 Å². The highest BCUT2D eigenvalue weighted by molar-refractivity contribution is 6.69. The Morgan fingerprint density at radius 2 is 1.83 bits per heavy atom. The molecule has 0 unspecified atom stereocenters. The van der Waals surface area contributed by atoms with Crippen molar-refractivity contribution < 1.29 is 9.16 Å². The first-order valence-electron chi connectivity index (χ1n) is 4.51. The molecule has 0 amide bonds. The van der Waals surface area contributed by atoms with Gasteiger partial charge in [-0.2, -0.15) is 0 Å². The summed E-state index contributed by atoms with van der Waals surface area (Å²) in [4.78, 5) is 0. The van der Waals surface area contributed by atoms with Crippen molar-refractivity contribution in [3.63, 3.8) is 0 Å². The fourth-order valence-electron chi connectivity index (χ4n) is 0.741. The molecule has 0 spiro atoms. The summed E-state index contributed by atoms with van der Waals surface area (Å²) >= 11 is 0.